The van der Waals surface area contributed by atoms with Crippen molar-refractivity contribution in [1.29, 1.82) is 0 Å². The smallest absolute Gasteiger partial charge is 0.309 e. The zero-order valence-electron chi connectivity index (χ0n) is 14.4. The van der Waals surface area contributed by atoms with Crippen molar-refractivity contribution in [3.63, 3.8) is 0 Å². The van der Waals surface area contributed by atoms with E-state index in [4.69, 9.17) is 4.74 Å². The molecule has 0 amide bonds. The number of allylic oxidation sites excluding steroid dienone is 2. The monoisotopic (exact) mass is 312 g/mol. The topological polar surface area (TPSA) is 52.6 Å². The van der Waals surface area contributed by atoms with Gasteiger partial charge in [0.15, 0.2) is 0 Å². The van der Waals surface area contributed by atoms with E-state index in [9.17, 15) is 9.59 Å². The SMILES string of the molecule is CCCCCCCCC/C=C/CC(CC(=O)OC)C(=O)OC. The summed E-state index contributed by atoms with van der Waals surface area (Å²) >= 11 is 0. The zero-order chi connectivity index (χ0) is 16.6. The van der Waals surface area contributed by atoms with Crippen LogP contribution in [0, 0.1) is 5.92 Å². The molecule has 0 bridgehead atoms. The molecular formula is C18H32O4. The van der Waals surface area contributed by atoms with Gasteiger partial charge in [-0.25, -0.2) is 0 Å². The largest absolute Gasteiger partial charge is 0.469 e. The summed E-state index contributed by atoms with van der Waals surface area (Å²) < 4.78 is 9.32. The number of hydrogen-bond donors (Lipinski definition) is 0. The molecule has 4 heteroatoms. The molecule has 0 aliphatic heterocycles. The lowest BCUT2D eigenvalue weighted by Gasteiger charge is -2.10. The van der Waals surface area contributed by atoms with Crippen molar-refractivity contribution in [2.24, 2.45) is 5.92 Å². The Labute approximate surface area is 135 Å². The van der Waals surface area contributed by atoms with Crippen LogP contribution in [0.3, 0.4) is 0 Å². The van der Waals surface area contributed by atoms with E-state index >= 15 is 0 Å². The van der Waals surface area contributed by atoms with Crippen molar-refractivity contribution in [3.05, 3.63) is 12.2 Å². The first-order valence-electron chi connectivity index (χ1n) is 8.45. The molecule has 0 saturated carbocycles. The van der Waals surface area contributed by atoms with Crippen LogP contribution in [0.15, 0.2) is 12.2 Å². The van der Waals surface area contributed by atoms with Gasteiger partial charge >= 0.3 is 11.9 Å². The lowest BCUT2D eigenvalue weighted by Crippen LogP contribution is -2.20. The quantitative estimate of drug-likeness (QED) is 0.287. The maximum absolute atomic E-state index is 11.6. The van der Waals surface area contributed by atoms with Crippen LogP contribution >= 0.6 is 0 Å². The predicted octanol–water partition coefficient (Wildman–Crippen LogP) is 4.43. The number of rotatable bonds is 13. The summed E-state index contributed by atoms with van der Waals surface area (Å²) in [4.78, 5) is 22.9. The summed E-state index contributed by atoms with van der Waals surface area (Å²) in [6, 6.07) is 0. The molecule has 0 aromatic rings. The van der Waals surface area contributed by atoms with Gasteiger partial charge < -0.3 is 9.47 Å². The Morgan fingerprint density at radius 1 is 0.909 bits per heavy atom. The van der Waals surface area contributed by atoms with Crippen LogP contribution in [-0.4, -0.2) is 26.2 Å². The van der Waals surface area contributed by atoms with Gasteiger partial charge in [0.05, 0.1) is 26.6 Å². The van der Waals surface area contributed by atoms with Gasteiger partial charge in [0.1, 0.15) is 0 Å². The second-order valence-electron chi connectivity index (χ2n) is 5.62. The molecule has 0 heterocycles. The van der Waals surface area contributed by atoms with Crippen LogP contribution in [-0.2, 0) is 19.1 Å². The van der Waals surface area contributed by atoms with Crippen molar-refractivity contribution in [1.82, 2.24) is 0 Å². The normalized spacial score (nSPS) is 12.3. The van der Waals surface area contributed by atoms with Gasteiger partial charge in [-0.1, -0.05) is 57.6 Å². The van der Waals surface area contributed by atoms with Crippen molar-refractivity contribution in [3.8, 4) is 0 Å². The van der Waals surface area contributed by atoms with Gasteiger partial charge in [-0.05, 0) is 19.3 Å². The van der Waals surface area contributed by atoms with E-state index < -0.39 is 5.92 Å². The Balaban J connectivity index is 3.81. The molecular weight excluding hydrogens is 280 g/mol. The Hall–Kier alpha value is -1.32. The average Bonchev–Trinajstić information content (AvgIpc) is 2.54. The standard InChI is InChI=1S/C18H32O4/c1-4-5-6-7-8-9-10-11-12-13-14-16(18(20)22-3)15-17(19)21-2/h12-13,16H,4-11,14-15H2,1-3H3/b13-12+. The van der Waals surface area contributed by atoms with Crippen LogP contribution in [0.1, 0.15) is 71.1 Å². The van der Waals surface area contributed by atoms with E-state index in [1.165, 1.54) is 59.2 Å². The number of ether oxygens (including phenoxy) is 2. The number of unbranched alkanes of at least 4 members (excludes halogenated alkanes) is 7. The van der Waals surface area contributed by atoms with Crippen molar-refractivity contribution in [2.45, 2.75) is 71.1 Å². The van der Waals surface area contributed by atoms with Crippen molar-refractivity contribution >= 4 is 11.9 Å². The Kier molecular flexibility index (Phi) is 13.7. The van der Waals surface area contributed by atoms with Crippen LogP contribution in [0.25, 0.3) is 0 Å². The highest BCUT2D eigenvalue weighted by molar-refractivity contribution is 5.79. The lowest BCUT2D eigenvalue weighted by atomic mass is 10.0. The summed E-state index contributed by atoms with van der Waals surface area (Å²) in [6.45, 7) is 2.23. The minimum atomic E-state index is -0.442. The van der Waals surface area contributed by atoms with Crippen molar-refractivity contribution < 1.29 is 19.1 Å². The van der Waals surface area contributed by atoms with Gasteiger partial charge in [-0.15, -0.1) is 0 Å². The molecule has 0 spiro atoms. The molecule has 0 rings (SSSR count). The average molecular weight is 312 g/mol. The maximum atomic E-state index is 11.6. The summed E-state index contributed by atoms with van der Waals surface area (Å²) in [5, 5.41) is 0. The Morgan fingerprint density at radius 3 is 2.14 bits per heavy atom. The number of hydrogen-bond acceptors (Lipinski definition) is 4. The fraction of sp³-hybridized carbons (Fsp3) is 0.778. The number of methoxy groups -OCH3 is 2. The van der Waals surface area contributed by atoms with E-state index in [1.807, 2.05) is 6.08 Å². The lowest BCUT2D eigenvalue weighted by molar-refractivity contribution is -0.151. The van der Waals surface area contributed by atoms with E-state index in [-0.39, 0.29) is 18.4 Å². The highest BCUT2D eigenvalue weighted by Crippen LogP contribution is 2.14. The fourth-order valence-electron chi connectivity index (χ4n) is 2.31. The third-order valence-corrected chi connectivity index (χ3v) is 3.74. The predicted molar refractivity (Wildman–Crippen MR) is 88.5 cm³/mol. The van der Waals surface area contributed by atoms with E-state index in [0.29, 0.717) is 6.42 Å². The summed E-state index contributed by atoms with van der Waals surface area (Å²) in [5.41, 5.74) is 0. The molecule has 22 heavy (non-hydrogen) atoms. The summed E-state index contributed by atoms with van der Waals surface area (Å²) in [5.74, 6) is -1.18. The van der Waals surface area contributed by atoms with Gasteiger partial charge in [-0.3, -0.25) is 9.59 Å². The number of esters is 2. The van der Waals surface area contributed by atoms with Crippen LogP contribution < -0.4 is 0 Å². The number of carbonyl (C=O) groups excluding carboxylic acids is 2. The third kappa shape index (κ3) is 11.4. The van der Waals surface area contributed by atoms with Gasteiger partial charge in [0.2, 0.25) is 0 Å². The molecule has 1 atom stereocenters. The summed E-state index contributed by atoms with van der Waals surface area (Å²) in [7, 11) is 2.67. The van der Waals surface area contributed by atoms with Crippen LogP contribution in [0.2, 0.25) is 0 Å². The molecule has 1 unspecified atom stereocenters. The minimum Gasteiger partial charge on any atom is -0.469 e. The first-order chi connectivity index (χ1) is 10.7. The zero-order valence-corrected chi connectivity index (χ0v) is 14.4. The maximum Gasteiger partial charge on any atom is 0.309 e. The second-order valence-corrected chi connectivity index (χ2v) is 5.62. The molecule has 0 fully saturated rings. The summed E-state index contributed by atoms with van der Waals surface area (Å²) in [6.07, 6.45) is 14.8. The minimum absolute atomic E-state index is 0.0743. The van der Waals surface area contributed by atoms with Crippen molar-refractivity contribution in [2.75, 3.05) is 14.2 Å². The van der Waals surface area contributed by atoms with Gasteiger partial charge in [0.25, 0.3) is 0 Å². The Bertz CT molecular complexity index is 323. The first-order valence-corrected chi connectivity index (χ1v) is 8.45. The molecule has 0 N–H and O–H groups in total. The van der Waals surface area contributed by atoms with E-state index in [0.717, 1.165) is 6.42 Å². The second kappa shape index (κ2) is 14.6. The molecule has 128 valence electrons. The molecule has 0 saturated heterocycles. The Morgan fingerprint density at radius 2 is 1.55 bits per heavy atom. The first kappa shape index (κ1) is 20.7. The van der Waals surface area contributed by atoms with Crippen LogP contribution in [0.4, 0.5) is 0 Å². The molecule has 0 aliphatic rings. The van der Waals surface area contributed by atoms with E-state index in [1.54, 1.807) is 0 Å². The third-order valence-electron chi connectivity index (χ3n) is 3.74. The highest BCUT2D eigenvalue weighted by atomic mass is 16.5. The van der Waals surface area contributed by atoms with Gasteiger partial charge in [-0.2, -0.15) is 0 Å². The highest BCUT2D eigenvalue weighted by Gasteiger charge is 2.21. The molecule has 0 aromatic carbocycles. The van der Waals surface area contributed by atoms with Gasteiger partial charge in [0, 0.05) is 0 Å². The fourth-order valence-corrected chi connectivity index (χ4v) is 2.31. The van der Waals surface area contributed by atoms with E-state index in [2.05, 4.69) is 17.7 Å². The van der Waals surface area contributed by atoms with Crippen LogP contribution in [0.5, 0.6) is 0 Å². The molecule has 4 nitrogen and oxygen atoms in total. The molecule has 0 aliphatic carbocycles. The number of carbonyl (C=O) groups is 2. The molecule has 0 aromatic heterocycles. The molecule has 0 radical (unpaired) electrons.